The van der Waals surface area contributed by atoms with Crippen molar-refractivity contribution in [2.45, 2.75) is 38.1 Å². The van der Waals surface area contributed by atoms with Gasteiger partial charge in [-0.2, -0.15) is 0 Å². The van der Waals surface area contributed by atoms with Gasteiger partial charge in [0.15, 0.2) is 0 Å². The fourth-order valence-electron chi connectivity index (χ4n) is 3.00. The predicted molar refractivity (Wildman–Crippen MR) is 94.0 cm³/mol. The molecule has 1 atom stereocenters. The zero-order chi connectivity index (χ0) is 17.6. The van der Waals surface area contributed by atoms with Gasteiger partial charge in [0.05, 0.1) is 0 Å². The van der Waals surface area contributed by atoms with Crippen LogP contribution in [0.1, 0.15) is 31.7 Å². The lowest BCUT2D eigenvalue weighted by atomic mass is 9.97. The van der Waals surface area contributed by atoms with Crippen molar-refractivity contribution in [3.63, 3.8) is 0 Å². The van der Waals surface area contributed by atoms with E-state index in [1.807, 2.05) is 31.2 Å². The van der Waals surface area contributed by atoms with E-state index in [2.05, 4.69) is 5.32 Å². The number of halogens is 1. The Labute approximate surface area is 148 Å². The van der Waals surface area contributed by atoms with Crippen LogP contribution in [-0.4, -0.2) is 49.1 Å². The van der Waals surface area contributed by atoms with Crippen LogP contribution in [0.4, 0.5) is 0 Å². The minimum absolute atomic E-state index is 0.0403. The van der Waals surface area contributed by atoms with Crippen LogP contribution in [0.3, 0.4) is 0 Å². The van der Waals surface area contributed by atoms with Gasteiger partial charge in [-0.3, -0.25) is 9.59 Å². The van der Waals surface area contributed by atoms with Crippen molar-refractivity contribution in [3.05, 3.63) is 34.9 Å². The first-order chi connectivity index (χ1) is 11.5. The quantitative estimate of drug-likeness (QED) is 0.731. The summed E-state index contributed by atoms with van der Waals surface area (Å²) in [5, 5.41) is 3.62. The lowest BCUT2D eigenvalue weighted by molar-refractivity contribution is -0.140. The molecule has 1 aromatic rings. The van der Waals surface area contributed by atoms with E-state index in [0.717, 1.165) is 12.0 Å². The lowest BCUT2D eigenvalue weighted by Gasteiger charge is -2.34. The number of likely N-dealkylation sites (tertiary alicyclic amines) is 1. The molecule has 1 aliphatic heterocycles. The van der Waals surface area contributed by atoms with E-state index in [9.17, 15) is 9.59 Å². The van der Waals surface area contributed by atoms with E-state index < -0.39 is 5.54 Å². The number of hydrogen-bond donors (Lipinski definition) is 1. The van der Waals surface area contributed by atoms with Gasteiger partial charge in [-0.15, -0.1) is 0 Å². The molecule has 0 aliphatic carbocycles. The maximum atomic E-state index is 12.6. The Hall–Kier alpha value is -1.59. The molecule has 1 saturated heterocycles. The third kappa shape index (κ3) is 4.48. The van der Waals surface area contributed by atoms with Crippen molar-refractivity contribution in [2.75, 3.05) is 26.8 Å². The van der Waals surface area contributed by atoms with Gasteiger partial charge >= 0.3 is 0 Å². The predicted octanol–water partition coefficient (Wildman–Crippen LogP) is 2.42. The van der Waals surface area contributed by atoms with E-state index in [1.54, 1.807) is 12.0 Å². The molecule has 24 heavy (non-hydrogen) atoms. The summed E-state index contributed by atoms with van der Waals surface area (Å²) in [5.74, 6) is -0.0425. The van der Waals surface area contributed by atoms with E-state index in [1.165, 1.54) is 0 Å². The number of nitrogens with one attached hydrogen (secondary N) is 1. The Bertz CT molecular complexity index is 576. The Morgan fingerprint density at radius 2 is 2.08 bits per heavy atom. The number of rotatable bonds is 8. The van der Waals surface area contributed by atoms with Crippen LogP contribution in [0.2, 0.25) is 5.02 Å². The zero-order valence-corrected chi connectivity index (χ0v) is 15.1. The topological polar surface area (TPSA) is 58.6 Å². The number of methoxy groups -OCH3 is 1. The smallest absolute Gasteiger partial charge is 0.245 e. The van der Waals surface area contributed by atoms with Gasteiger partial charge in [-0.05, 0) is 43.9 Å². The number of ether oxygens (including phenoxy) is 1. The number of carbonyl (C=O) groups excluding carboxylic acids is 2. The first-order valence-corrected chi connectivity index (χ1v) is 8.67. The van der Waals surface area contributed by atoms with Crippen molar-refractivity contribution in [1.29, 1.82) is 0 Å². The fraction of sp³-hybridized carbons (Fsp3) is 0.556. The molecule has 5 nitrogen and oxygen atoms in total. The van der Waals surface area contributed by atoms with Crippen molar-refractivity contribution < 1.29 is 14.3 Å². The third-order valence-electron chi connectivity index (χ3n) is 4.56. The van der Waals surface area contributed by atoms with Gasteiger partial charge in [0.1, 0.15) is 5.54 Å². The van der Waals surface area contributed by atoms with Crippen LogP contribution < -0.4 is 5.32 Å². The van der Waals surface area contributed by atoms with Crippen LogP contribution in [0, 0.1) is 0 Å². The molecule has 0 saturated carbocycles. The molecule has 6 heteroatoms. The second kappa shape index (κ2) is 8.49. The van der Waals surface area contributed by atoms with Crippen molar-refractivity contribution in [1.82, 2.24) is 10.2 Å². The van der Waals surface area contributed by atoms with Crippen molar-refractivity contribution in [3.8, 4) is 0 Å². The molecule has 132 valence electrons. The number of benzene rings is 1. The molecule has 0 spiro atoms. The molecular weight excluding hydrogens is 328 g/mol. The Morgan fingerprint density at radius 1 is 1.38 bits per heavy atom. The van der Waals surface area contributed by atoms with E-state index in [4.69, 9.17) is 16.3 Å². The van der Waals surface area contributed by atoms with Gasteiger partial charge in [0.2, 0.25) is 11.8 Å². The summed E-state index contributed by atoms with van der Waals surface area (Å²) < 4.78 is 4.98. The number of nitrogens with zero attached hydrogens (tertiary/aromatic N) is 1. The summed E-state index contributed by atoms with van der Waals surface area (Å²) in [6.07, 6.45) is 2.44. The largest absolute Gasteiger partial charge is 0.385 e. The molecule has 1 aromatic carbocycles. The van der Waals surface area contributed by atoms with E-state index in [0.29, 0.717) is 44.0 Å². The van der Waals surface area contributed by atoms with Crippen LogP contribution >= 0.6 is 11.6 Å². The van der Waals surface area contributed by atoms with E-state index in [-0.39, 0.29) is 11.8 Å². The van der Waals surface area contributed by atoms with Crippen LogP contribution in [0.25, 0.3) is 0 Å². The minimum Gasteiger partial charge on any atom is -0.385 e. The minimum atomic E-state index is -0.767. The molecule has 1 heterocycles. The second-order valence-corrected chi connectivity index (χ2v) is 6.73. The molecule has 0 radical (unpaired) electrons. The molecule has 1 fully saturated rings. The molecule has 0 bridgehead atoms. The summed E-state index contributed by atoms with van der Waals surface area (Å²) in [6.45, 7) is 3.55. The monoisotopic (exact) mass is 352 g/mol. The normalized spacial score (nSPS) is 20.5. The van der Waals surface area contributed by atoms with Gasteiger partial charge < -0.3 is 15.0 Å². The number of hydrogen-bond acceptors (Lipinski definition) is 3. The van der Waals surface area contributed by atoms with Gasteiger partial charge in [0.25, 0.3) is 0 Å². The SMILES string of the molecule is COCCCNC(=O)[C@]1(C)CCC(=O)N1CCc1ccc(Cl)cc1. The molecule has 1 aliphatic rings. The van der Waals surface area contributed by atoms with Crippen molar-refractivity contribution in [2.24, 2.45) is 0 Å². The fourth-order valence-corrected chi connectivity index (χ4v) is 3.13. The average Bonchev–Trinajstić information content (AvgIpc) is 2.87. The maximum absolute atomic E-state index is 12.6. The van der Waals surface area contributed by atoms with Crippen LogP contribution in [-0.2, 0) is 20.7 Å². The highest BCUT2D eigenvalue weighted by Crippen LogP contribution is 2.30. The molecule has 2 rings (SSSR count). The highest BCUT2D eigenvalue weighted by atomic mass is 35.5. The standard InChI is InChI=1S/C18H25ClN2O3/c1-18(17(23)20-11-3-13-24-2)10-8-16(22)21(18)12-9-14-4-6-15(19)7-5-14/h4-7H,3,8-13H2,1-2H3,(H,20,23)/t18-/m0/s1. The third-order valence-corrected chi connectivity index (χ3v) is 4.81. The molecule has 0 aromatic heterocycles. The molecule has 0 unspecified atom stereocenters. The first kappa shape index (κ1) is 18.7. The molecule has 2 amide bonds. The summed E-state index contributed by atoms with van der Waals surface area (Å²) >= 11 is 5.89. The first-order valence-electron chi connectivity index (χ1n) is 8.29. The second-order valence-electron chi connectivity index (χ2n) is 6.30. The lowest BCUT2D eigenvalue weighted by Crippen LogP contribution is -2.55. The summed E-state index contributed by atoms with van der Waals surface area (Å²) in [5.41, 5.74) is 0.332. The van der Waals surface area contributed by atoms with Crippen LogP contribution in [0.5, 0.6) is 0 Å². The molecule has 1 N–H and O–H groups in total. The van der Waals surface area contributed by atoms with Gasteiger partial charge in [-0.25, -0.2) is 0 Å². The zero-order valence-electron chi connectivity index (χ0n) is 14.3. The average molecular weight is 353 g/mol. The van der Waals surface area contributed by atoms with Gasteiger partial charge in [-0.1, -0.05) is 23.7 Å². The maximum Gasteiger partial charge on any atom is 0.245 e. The van der Waals surface area contributed by atoms with Crippen LogP contribution in [0.15, 0.2) is 24.3 Å². The van der Waals surface area contributed by atoms with Gasteiger partial charge in [0, 0.05) is 38.2 Å². The number of carbonyl (C=O) groups is 2. The summed E-state index contributed by atoms with van der Waals surface area (Å²) in [7, 11) is 1.64. The van der Waals surface area contributed by atoms with E-state index >= 15 is 0 Å². The Kier molecular flexibility index (Phi) is 6.63. The Balaban J connectivity index is 1.96. The Morgan fingerprint density at radius 3 is 2.75 bits per heavy atom. The summed E-state index contributed by atoms with van der Waals surface area (Å²) in [6, 6.07) is 7.57. The highest BCUT2D eigenvalue weighted by molar-refractivity contribution is 6.30. The highest BCUT2D eigenvalue weighted by Gasteiger charge is 2.46. The van der Waals surface area contributed by atoms with Crippen molar-refractivity contribution >= 4 is 23.4 Å². The molecular formula is C18H25ClN2O3. The summed E-state index contributed by atoms with van der Waals surface area (Å²) in [4.78, 5) is 26.5. The number of amides is 2.